The fraction of sp³-hybridized carbons (Fsp3) is 0.667. The molecule has 0 bridgehead atoms. The maximum atomic E-state index is 11.9. The lowest BCUT2D eigenvalue weighted by Crippen LogP contribution is -2.41. The summed E-state index contributed by atoms with van der Waals surface area (Å²) < 4.78 is 0. The predicted molar refractivity (Wildman–Crippen MR) is 70.5 cm³/mol. The van der Waals surface area contributed by atoms with Gasteiger partial charge in [-0.1, -0.05) is 6.92 Å². The van der Waals surface area contributed by atoms with Gasteiger partial charge in [-0.25, -0.2) is 4.98 Å². The number of carbonyl (C=O) groups is 1. The van der Waals surface area contributed by atoms with E-state index in [-0.39, 0.29) is 18.0 Å². The Balaban J connectivity index is 1.90. The highest BCUT2D eigenvalue weighted by Crippen LogP contribution is 2.20. The van der Waals surface area contributed by atoms with E-state index in [0.717, 1.165) is 11.4 Å². The summed E-state index contributed by atoms with van der Waals surface area (Å²) in [7, 11) is 0. The minimum absolute atomic E-state index is 0.0627. The number of β-amino-alcohol motifs (C(OH)–C–C–N with tert-alkyl or cyclic N) is 1. The van der Waals surface area contributed by atoms with E-state index < -0.39 is 6.10 Å². The van der Waals surface area contributed by atoms with Crippen molar-refractivity contribution in [2.24, 2.45) is 0 Å². The lowest BCUT2D eigenvalue weighted by atomic mass is 10.2. The fourth-order valence-electron chi connectivity index (χ4n) is 1.98. The van der Waals surface area contributed by atoms with Crippen LogP contribution >= 0.6 is 11.3 Å². The number of aliphatic hydroxyl groups is 1. The number of nitrogens with zero attached hydrogens (tertiary/aromatic N) is 1. The van der Waals surface area contributed by atoms with Gasteiger partial charge in [0.2, 0.25) is 5.91 Å². The van der Waals surface area contributed by atoms with Crippen LogP contribution in [-0.2, 0) is 11.2 Å². The first kappa shape index (κ1) is 13.5. The summed E-state index contributed by atoms with van der Waals surface area (Å²) in [5.74, 6) is -0.0627. The average molecular weight is 269 g/mol. The zero-order chi connectivity index (χ0) is 13.1. The molecule has 2 rings (SSSR count). The zero-order valence-corrected chi connectivity index (χ0v) is 11.5. The molecule has 0 radical (unpaired) electrons. The van der Waals surface area contributed by atoms with Gasteiger partial charge in [0.15, 0.2) is 0 Å². The summed E-state index contributed by atoms with van der Waals surface area (Å²) in [5.41, 5.74) is 0. The summed E-state index contributed by atoms with van der Waals surface area (Å²) in [5, 5.41) is 16.2. The van der Waals surface area contributed by atoms with Crippen LogP contribution in [0.4, 0.5) is 0 Å². The molecule has 1 saturated heterocycles. The molecule has 2 heterocycles. The summed E-state index contributed by atoms with van der Waals surface area (Å²) >= 11 is 1.63. The van der Waals surface area contributed by atoms with Crippen LogP contribution in [0.25, 0.3) is 0 Å². The zero-order valence-electron chi connectivity index (χ0n) is 10.6. The van der Waals surface area contributed by atoms with Gasteiger partial charge < -0.3 is 15.7 Å². The highest BCUT2D eigenvalue weighted by Gasteiger charge is 2.29. The Morgan fingerprint density at radius 2 is 2.56 bits per heavy atom. The van der Waals surface area contributed by atoms with Crippen LogP contribution in [0.1, 0.15) is 36.2 Å². The molecule has 0 aliphatic carbocycles. The number of nitrogens with one attached hydrogen (secondary N) is 2. The monoisotopic (exact) mass is 269 g/mol. The van der Waals surface area contributed by atoms with E-state index >= 15 is 0 Å². The average Bonchev–Trinajstić information content (AvgIpc) is 2.97. The lowest BCUT2D eigenvalue weighted by molar-refractivity contribution is -0.123. The molecule has 1 amide bonds. The van der Waals surface area contributed by atoms with Gasteiger partial charge in [0.1, 0.15) is 5.01 Å². The number of carbonyl (C=O) groups excluding carboxylic acids is 1. The summed E-state index contributed by atoms with van der Waals surface area (Å²) in [4.78, 5) is 17.5. The van der Waals surface area contributed by atoms with Gasteiger partial charge in [0.05, 0.1) is 18.2 Å². The molecule has 1 aromatic heterocycles. The van der Waals surface area contributed by atoms with E-state index in [1.165, 1.54) is 4.88 Å². The van der Waals surface area contributed by atoms with Crippen LogP contribution in [-0.4, -0.2) is 34.7 Å². The Morgan fingerprint density at radius 1 is 1.78 bits per heavy atom. The molecule has 3 unspecified atom stereocenters. The second-order valence-corrected chi connectivity index (χ2v) is 5.75. The number of hydrogen-bond donors (Lipinski definition) is 3. The quantitative estimate of drug-likeness (QED) is 0.748. The number of hydrogen-bond acceptors (Lipinski definition) is 5. The van der Waals surface area contributed by atoms with Gasteiger partial charge in [-0.3, -0.25) is 4.79 Å². The Labute approximate surface area is 111 Å². The maximum absolute atomic E-state index is 11.9. The third-order valence-corrected chi connectivity index (χ3v) is 4.40. The first-order chi connectivity index (χ1) is 8.60. The molecule has 3 atom stereocenters. The van der Waals surface area contributed by atoms with Crippen molar-refractivity contribution in [2.45, 2.75) is 44.9 Å². The van der Waals surface area contributed by atoms with Crippen molar-refractivity contribution in [2.75, 3.05) is 6.54 Å². The normalized spacial score (nSPS) is 25.1. The topological polar surface area (TPSA) is 74.2 Å². The van der Waals surface area contributed by atoms with Crippen molar-refractivity contribution < 1.29 is 9.90 Å². The molecule has 100 valence electrons. The molecule has 1 aliphatic rings. The Hall–Kier alpha value is -0.980. The molecule has 6 heteroatoms. The molecule has 0 aromatic carbocycles. The van der Waals surface area contributed by atoms with Crippen molar-refractivity contribution in [3.8, 4) is 0 Å². The van der Waals surface area contributed by atoms with E-state index in [2.05, 4.69) is 22.5 Å². The van der Waals surface area contributed by atoms with Gasteiger partial charge in [-0.05, 0) is 19.8 Å². The minimum atomic E-state index is -0.414. The molecule has 1 fully saturated rings. The lowest BCUT2D eigenvalue weighted by Gasteiger charge is -2.15. The number of aromatic nitrogens is 1. The van der Waals surface area contributed by atoms with E-state index in [1.54, 1.807) is 11.3 Å². The summed E-state index contributed by atoms with van der Waals surface area (Å²) in [6.07, 6.45) is 2.90. The molecule has 18 heavy (non-hydrogen) atoms. The van der Waals surface area contributed by atoms with Crippen LogP contribution in [0.2, 0.25) is 0 Å². The van der Waals surface area contributed by atoms with Gasteiger partial charge in [0.25, 0.3) is 0 Å². The number of thiazole rings is 1. The van der Waals surface area contributed by atoms with Crippen LogP contribution in [0.15, 0.2) is 6.20 Å². The molecule has 0 spiro atoms. The fourth-order valence-corrected chi connectivity index (χ4v) is 2.84. The van der Waals surface area contributed by atoms with Crippen molar-refractivity contribution in [3.05, 3.63) is 16.1 Å². The number of aliphatic hydroxyl groups excluding tert-OH is 1. The smallest absolute Gasteiger partial charge is 0.237 e. The maximum Gasteiger partial charge on any atom is 0.237 e. The summed E-state index contributed by atoms with van der Waals surface area (Å²) in [6.45, 7) is 4.51. The van der Waals surface area contributed by atoms with Crippen LogP contribution in [0.5, 0.6) is 0 Å². The molecule has 0 saturated carbocycles. The standard InChI is InChI=1S/C12H19N3O2S/c1-3-9-6-14-12(18-9)7(2)15-11(17)10-4-8(16)5-13-10/h6-8,10,13,16H,3-5H2,1-2H3,(H,15,17). The van der Waals surface area contributed by atoms with Crippen molar-refractivity contribution in [1.82, 2.24) is 15.6 Å². The predicted octanol–water partition coefficient (Wildman–Crippen LogP) is 0.605. The number of rotatable bonds is 4. The Morgan fingerprint density at radius 3 is 3.11 bits per heavy atom. The van der Waals surface area contributed by atoms with E-state index in [9.17, 15) is 9.90 Å². The third kappa shape index (κ3) is 3.07. The molecular formula is C12H19N3O2S. The van der Waals surface area contributed by atoms with Crippen molar-refractivity contribution in [1.29, 1.82) is 0 Å². The second kappa shape index (κ2) is 5.77. The SMILES string of the molecule is CCc1cnc(C(C)NC(=O)C2CC(O)CN2)s1. The van der Waals surface area contributed by atoms with Crippen molar-refractivity contribution in [3.63, 3.8) is 0 Å². The van der Waals surface area contributed by atoms with Crippen molar-refractivity contribution >= 4 is 17.2 Å². The van der Waals surface area contributed by atoms with Crippen LogP contribution < -0.4 is 10.6 Å². The first-order valence-corrected chi connectivity index (χ1v) is 7.08. The molecule has 1 aromatic rings. The Kier molecular flexibility index (Phi) is 4.31. The van der Waals surface area contributed by atoms with E-state index in [0.29, 0.717) is 13.0 Å². The Bertz CT molecular complexity index is 421. The van der Waals surface area contributed by atoms with Crippen LogP contribution in [0.3, 0.4) is 0 Å². The number of aryl methyl sites for hydroxylation is 1. The van der Waals surface area contributed by atoms with Gasteiger partial charge in [0, 0.05) is 17.6 Å². The summed E-state index contributed by atoms with van der Waals surface area (Å²) in [6, 6.07) is -0.365. The third-order valence-electron chi connectivity index (χ3n) is 3.07. The minimum Gasteiger partial charge on any atom is -0.392 e. The van der Waals surface area contributed by atoms with Gasteiger partial charge in [-0.15, -0.1) is 11.3 Å². The highest BCUT2D eigenvalue weighted by molar-refractivity contribution is 7.11. The van der Waals surface area contributed by atoms with E-state index in [1.807, 2.05) is 13.1 Å². The molecule has 1 aliphatic heterocycles. The molecular weight excluding hydrogens is 250 g/mol. The molecule has 5 nitrogen and oxygen atoms in total. The second-order valence-electron chi connectivity index (χ2n) is 4.60. The van der Waals surface area contributed by atoms with Crippen LogP contribution in [0, 0.1) is 0 Å². The van der Waals surface area contributed by atoms with Gasteiger partial charge >= 0.3 is 0 Å². The van der Waals surface area contributed by atoms with E-state index in [4.69, 9.17) is 0 Å². The number of amides is 1. The largest absolute Gasteiger partial charge is 0.392 e. The molecule has 3 N–H and O–H groups in total. The van der Waals surface area contributed by atoms with Gasteiger partial charge in [-0.2, -0.15) is 0 Å². The highest BCUT2D eigenvalue weighted by atomic mass is 32.1. The first-order valence-electron chi connectivity index (χ1n) is 6.26.